The molecule has 2 aliphatic heterocycles. The van der Waals surface area contributed by atoms with Crippen LogP contribution in [0.3, 0.4) is 0 Å². The molecule has 2 aliphatic rings. The van der Waals surface area contributed by atoms with E-state index >= 15 is 0 Å². The fraction of sp³-hybridized carbons (Fsp3) is 0.800. The zero-order chi connectivity index (χ0) is 12.8. The number of unbranched alkanes of at least 4 members (excludes halogenated alkanes) is 1. The molecule has 100 valence electrons. The first kappa shape index (κ1) is 13.6. The number of hydrogen-bond acceptors (Lipinski definition) is 3. The molecule has 0 amide bonds. The summed E-state index contributed by atoms with van der Waals surface area (Å²) in [6.45, 7) is 3.30. The SMILES string of the molecule is C#CCCCC(=O)C1CCCN1C1CCNCC1. The van der Waals surface area contributed by atoms with Crippen LogP contribution in [0.2, 0.25) is 0 Å². The summed E-state index contributed by atoms with van der Waals surface area (Å²) in [6, 6.07) is 0.807. The topological polar surface area (TPSA) is 32.3 Å². The van der Waals surface area contributed by atoms with E-state index in [9.17, 15) is 4.79 Å². The maximum absolute atomic E-state index is 12.2. The first-order valence-corrected chi connectivity index (χ1v) is 7.25. The number of nitrogens with zero attached hydrogens (tertiary/aromatic N) is 1. The van der Waals surface area contributed by atoms with Crippen LogP contribution in [0.4, 0.5) is 0 Å². The minimum absolute atomic E-state index is 0.186. The highest BCUT2D eigenvalue weighted by Gasteiger charge is 2.34. The van der Waals surface area contributed by atoms with E-state index in [2.05, 4.69) is 16.1 Å². The van der Waals surface area contributed by atoms with Crippen LogP contribution in [0.1, 0.15) is 44.9 Å². The number of carbonyl (C=O) groups excluding carboxylic acids is 1. The van der Waals surface area contributed by atoms with E-state index in [1.807, 2.05) is 0 Å². The summed E-state index contributed by atoms with van der Waals surface area (Å²) < 4.78 is 0. The molecule has 1 atom stereocenters. The predicted molar refractivity (Wildman–Crippen MR) is 73.3 cm³/mol. The van der Waals surface area contributed by atoms with E-state index in [1.165, 1.54) is 19.3 Å². The summed E-state index contributed by atoms with van der Waals surface area (Å²) in [4.78, 5) is 14.7. The molecule has 3 nitrogen and oxygen atoms in total. The first-order valence-electron chi connectivity index (χ1n) is 7.25. The predicted octanol–water partition coefficient (Wildman–Crippen LogP) is 1.58. The molecule has 0 saturated carbocycles. The number of rotatable bonds is 5. The number of nitrogens with one attached hydrogen (secondary N) is 1. The lowest BCUT2D eigenvalue weighted by Gasteiger charge is -2.35. The van der Waals surface area contributed by atoms with Gasteiger partial charge in [0.15, 0.2) is 0 Å². The zero-order valence-corrected chi connectivity index (χ0v) is 11.2. The van der Waals surface area contributed by atoms with Gasteiger partial charge in [-0.25, -0.2) is 0 Å². The Morgan fingerprint density at radius 3 is 2.83 bits per heavy atom. The van der Waals surface area contributed by atoms with Crippen LogP contribution in [0, 0.1) is 12.3 Å². The zero-order valence-electron chi connectivity index (χ0n) is 11.2. The number of ketones is 1. The Labute approximate surface area is 110 Å². The average molecular weight is 248 g/mol. The van der Waals surface area contributed by atoms with Gasteiger partial charge in [-0.2, -0.15) is 0 Å². The molecule has 1 N–H and O–H groups in total. The lowest BCUT2D eigenvalue weighted by atomic mass is 10.00. The number of carbonyl (C=O) groups is 1. The molecule has 0 aromatic heterocycles. The fourth-order valence-corrected chi connectivity index (χ4v) is 3.24. The van der Waals surface area contributed by atoms with Crippen LogP contribution in [-0.4, -0.2) is 42.4 Å². The molecule has 0 spiro atoms. The van der Waals surface area contributed by atoms with Gasteiger partial charge in [0.05, 0.1) is 6.04 Å². The second kappa shape index (κ2) is 6.92. The number of piperidine rings is 1. The van der Waals surface area contributed by atoms with Crippen LogP contribution in [-0.2, 0) is 4.79 Å². The largest absolute Gasteiger partial charge is 0.317 e. The van der Waals surface area contributed by atoms with Crippen molar-refractivity contribution in [3.05, 3.63) is 0 Å². The minimum atomic E-state index is 0.186. The molecule has 2 fully saturated rings. The summed E-state index contributed by atoms with van der Waals surface area (Å²) in [6.07, 6.45) is 12.1. The van der Waals surface area contributed by atoms with Gasteiger partial charge in [-0.1, -0.05) is 0 Å². The van der Waals surface area contributed by atoms with Crippen LogP contribution < -0.4 is 5.32 Å². The monoisotopic (exact) mass is 248 g/mol. The molecular weight excluding hydrogens is 224 g/mol. The van der Waals surface area contributed by atoms with Crippen molar-refractivity contribution >= 4 is 5.78 Å². The average Bonchev–Trinajstić information content (AvgIpc) is 2.89. The summed E-state index contributed by atoms with van der Waals surface area (Å²) in [5.74, 6) is 3.03. The molecule has 2 rings (SSSR count). The van der Waals surface area contributed by atoms with Gasteiger partial charge >= 0.3 is 0 Å². The molecule has 0 aromatic carbocycles. The molecule has 18 heavy (non-hydrogen) atoms. The van der Waals surface area contributed by atoms with Gasteiger partial charge in [0.1, 0.15) is 5.78 Å². The van der Waals surface area contributed by atoms with E-state index < -0.39 is 0 Å². The second-order valence-corrected chi connectivity index (χ2v) is 5.40. The van der Waals surface area contributed by atoms with E-state index in [-0.39, 0.29) is 6.04 Å². The number of Topliss-reactive ketones (excluding diaryl/α,β-unsaturated/α-hetero) is 1. The highest BCUT2D eigenvalue weighted by atomic mass is 16.1. The van der Waals surface area contributed by atoms with Gasteiger partial charge in [0, 0.05) is 18.9 Å². The minimum Gasteiger partial charge on any atom is -0.317 e. The van der Waals surface area contributed by atoms with Gasteiger partial charge in [-0.3, -0.25) is 9.69 Å². The summed E-state index contributed by atoms with van der Waals surface area (Å²) >= 11 is 0. The van der Waals surface area contributed by atoms with Gasteiger partial charge in [-0.15, -0.1) is 12.3 Å². The van der Waals surface area contributed by atoms with Gasteiger partial charge in [0.2, 0.25) is 0 Å². The smallest absolute Gasteiger partial charge is 0.150 e. The van der Waals surface area contributed by atoms with Crippen molar-refractivity contribution in [3.8, 4) is 12.3 Å². The van der Waals surface area contributed by atoms with Gasteiger partial charge in [0.25, 0.3) is 0 Å². The Balaban J connectivity index is 1.86. The Morgan fingerprint density at radius 2 is 2.11 bits per heavy atom. The van der Waals surface area contributed by atoms with Crippen molar-refractivity contribution < 1.29 is 4.79 Å². The third-order valence-corrected chi connectivity index (χ3v) is 4.19. The van der Waals surface area contributed by atoms with Crippen LogP contribution >= 0.6 is 0 Å². The third kappa shape index (κ3) is 3.34. The van der Waals surface area contributed by atoms with Gasteiger partial charge in [-0.05, 0) is 51.7 Å². The van der Waals surface area contributed by atoms with Crippen molar-refractivity contribution in [2.24, 2.45) is 0 Å². The standard InChI is InChI=1S/C15H24N2O/c1-2-3-4-7-15(18)14-6-5-12-17(14)13-8-10-16-11-9-13/h1,13-14,16H,3-12H2. The molecule has 0 bridgehead atoms. The normalized spacial score (nSPS) is 26.1. The molecule has 0 aromatic rings. The van der Waals surface area contributed by atoms with Crippen molar-refractivity contribution in [1.82, 2.24) is 10.2 Å². The maximum Gasteiger partial charge on any atom is 0.150 e. The van der Waals surface area contributed by atoms with Gasteiger partial charge < -0.3 is 5.32 Å². The molecule has 2 heterocycles. The highest BCUT2D eigenvalue weighted by molar-refractivity contribution is 5.84. The van der Waals surface area contributed by atoms with Crippen molar-refractivity contribution in [2.45, 2.75) is 57.0 Å². The first-order chi connectivity index (χ1) is 8.83. The molecule has 1 unspecified atom stereocenters. The summed E-state index contributed by atoms with van der Waals surface area (Å²) in [7, 11) is 0. The van der Waals surface area contributed by atoms with Crippen molar-refractivity contribution in [1.29, 1.82) is 0 Å². The van der Waals surface area contributed by atoms with Crippen molar-refractivity contribution in [3.63, 3.8) is 0 Å². The lowest BCUT2D eigenvalue weighted by Crippen LogP contribution is -2.47. The molecule has 3 heteroatoms. The van der Waals surface area contributed by atoms with Crippen LogP contribution in [0.5, 0.6) is 0 Å². The fourth-order valence-electron chi connectivity index (χ4n) is 3.24. The quantitative estimate of drug-likeness (QED) is 0.592. The third-order valence-electron chi connectivity index (χ3n) is 4.19. The molecular formula is C15H24N2O. The van der Waals surface area contributed by atoms with Crippen LogP contribution in [0.15, 0.2) is 0 Å². The molecule has 0 aliphatic carbocycles. The van der Waals surface area contributed by atoms with E-state index in [1.54, 1.807) is 0 Å². The van der Waals surface area contributed by atoms with E-state index in [0.29, 0.717) is 18.2 Å². The number of hydrogen-bond donors (Lipinski definition) is 1. The van der Waals surface area contributed by atoms with Crippen LogP contribution in [0.25, 0.3) is 0 Å². The van der Waals surface area contributed by atoms with E-state index in [4.69, 9.17) is 6.42 Å². The Morgan fingerprint density at radius 1 is 1.33 bits per heavy atom. The maximum atomic E-state index is 12.2. The number of likely N-dealkylation sites (tertiary alicyclic amines) is 1. The Hall–Kier alpha value is -0.850. The summed E-state index contributed by atoms with van der Waals surface area (Å²) in [5, 5.41) is 3.39. The molecule has 0 radical (unpaired) electrons. The number of terminal acetylenes is 1. The highest BCUT2D eigenvalue weighted by Crippen LogP contribution is 2.26. The van der Waals surface area contributed by atoms with Crippen molar-refractivity contribution in [2.75, 3.05) is 19.6 Å². The Kier molecular flexibility index (Phi) is 5.22. The second-order valence-electron chi connectivity index (χ2n) is 5.40. The molecule has 2 saturated heterocycles. The summed E-state index contributed by atoms with van der Waals surface area (Å²) in [5.41, 5.74) is 0. The lowest BCUT2D eigenvalue weighted by molar-refractivity contribution is -0.124. The Bertz CT molecular complexity index is 315. The van der Waals surface area contributed by atoms with E-state index in [0.717, 1.165) is 38.9 Å².